The molecule has 2 N–H and O–H groups in total. The van der Waals surface area contributed by atoms with Gasteiger partial charge in [-0.1, -0.05) is 18.2 Å². The normalized spacial score (nSPS) is 15.0. The molecular formula is C22H23N5O. The van der Waals surface area contributed by atoms with Crippen molar-refractivity contribution in [1.82, 2.24) is 25.2 Å². The summed E-state index contributed by atoms with van der Waals surface area (Å²) in [7, 11) is 0. The number of aromatic nitrogens is 3. The molecule has 5 rings (SSSR count). The lowest BCUT2D eigenvalue weighted by Crippen LogP contribution is -2.28. The second-order valence-corrected chi connectivity index (χ2v) is 7.45. The minimum Gasteiger partial charge on any atom is -0.352 e. The van der Waals surface area contributed by atoms with Crippen LogP contribution in [0.3, 0.4) is 0 Å². The zero-order valence-corrected chi connectivity index (χ0v) is 15.7. The van der Waals surface area contributed by atoms with Gasteiger partial charge < -0.3 is 15.2 Å². The topological polar surface area (TPSA) is 73.9 Å². The minimum atomic E-state index is -0.0517. The minimum absolute atomic E-state index is 0.0517. The molecule has 0 bridgehead atoms. The maximum atomic E-state index is 12.5. The van der Waals surface area contributed by atoms with E-state index >= 15 is 0 Å². The average Bonchev–Trinajstić information content (AvgIpc) is 3.36. The predicted molar refractivity (Wildman–Crippen MR) is 112 cm³/mol. The summed E-state index contributed by atoms with van der Waals surface area (Å²) >= 11 is 0. The molecule has 6 heteroatoms. The number of nitrogens with zero attached hydrogens (tertiary/aromatic N) is 3. The molecule has 0 atom stereocenters. The highest BCUT2D eigenvalue weighted by Crippen LogP contribution is 2.24. The molecule has 1 amide bonds. The molecule has 4 aromatic rings. The number of amides is 1. The SMILES string of the molecule is O=C(NCCCN1CCCC1)c1ccc2nc3[nH]c4ccccc4c3nc2c1. The van der Waals surface area contributed by atoms with Crippen LogP contribution in [0.25, 0.3) is 33.1 Å². The third-order valence-corrected chi connectivity index (χ3v) is 5.50. The van der Waals surface area contributed by atoms with Gasteiger partial charge in [-0.15, -0.1) is 0 Å². The molecule has 2 aromatic heterocycles. The highest BCUT2D eigenvalue weighted by atomic mass is 16.1. The van der Waals surface area contributed by atoms with E-state index in [4.69, 9.17) is 4.98 Å². The Morgan fingerprint density at radius 3 is 2.82 bits per heavy atom. The fourth-order valence-corrected chi connectivity index (χ4v) is 4.01. The van der Waals surface area contributed by atoms with E-state index in [-0.39, 0.29) is 5.91 Å². The van der Waals surface area contributed by atoms with Gasteiger partial charge in [0.1, 0.15) is 5.52 Å². The largest absolute Gasteiger partial charge is 0.352 e. The Morgan fingerprint density at radius 2 is 1.93 bits per heavy atom. The molecule has 6 nitrogen and oxygen atoms in total. The Kier molecular flexibility index (Phi) is 4.41. The van der Waals surface area contributed by atoms with Crippen molar-refractivity contribution in [2.24, 2.45) is 0 Å². The van der Waals surface area contributed by atoms with Crippen LogP contribution in [-0.2, 0) is 0 Å². The summed E-state index contributed by atoms with van der Waals surface area (Å²) in [6.45, 7) is 4.14. The van der Waals surface area contributed by atoms with Crippen LogP contribution in [0, 0.1) is 0 Å². The molecule has 0 aliphatic carbocycles. The summed E-state index contributed by atoms with van der Waals surface area (Å²) in [4.78, 5) is 27.8. The Bertz CT molecular complexity index is 1160. The first-order valence-electron chi connectivity index (χ1n) is 9.97. The summed E-state index contributed by atoms with van der Waals surface area (Å²) in [5, 5.41) is 4.07. The van der Waals surface area contributed by atoms with Crippen molar-refractivity contribution in [1.29, 1.82) is 0 Å². The summed E-state index contributed by atoms with van der Waals surface area (Å²) in [5.41, 5.74) is 4.77. The lowest BCUT2D eigenvalue weighted by Gasteiger charge is -2.14. The molecule has 0 radical (unpaired) electrons. The molecule has 1 aliphatic heterocycles. The monoisotopic (exact) mass is 373 g/mol. The van der Waals surface area contributed by atoms with Crippen LogP contribution in [0.4, 0.5) is 0 Å². The van der Waals surface area contributed by atoms with Gasteiger partial charge in [-0.2, -0.15) is 0 Å². The van der Waals surface area contributed by atoms with Gasteiger partial charge in [0, 0.05) is 23.0 Å². The Morgan fingerprint density at radius 1 is 1.07 bits per heavy atom. The third kappa shape index (κ3) is 3.20. The Hall–Kier alpha value is -2.99. The highest BCUT2D eigenvalue weighted by molar-refractivity contribution is 6.06. The van der Waals surface area contributed by atoms with E-state index in [0.717, 1.165) is 46.1 Å². The van der Waals surface area contributed by atoms with Crippen molar-refractivity contribution in [2.45, 2.75) is 19.3 Å². The lowest BCUT2D eigenvalue weighted by molar-refractivity contribution is 0.0952. The predicted octanol–water partition coefficient (Wildman–Crippen LogP) is 3.48. The van der Waals surface area contributed by atoms with Crippen LogP contribution in [-0.4, -0.2) is 51.9 Å². The van der Waals surface area contributed by atoms with E-state index < -0.39 is 0 Å². The molecule has 0 unspecified atom stereocenters. The number of fused-ring (bicyclic) bond motifs is 4. The standard InChI is InChI=1S/C22H23N5O/c28-22(23-10-5-13-27-11-3-4-12-27)15-8-9-18-19(14-15)24-20-16-6-1-2-7-17(16)25-21(20)26-18/h1-2,6-9,14H,3-5,10-13H2,(H,23,28)(H,25,26). The molecule has 28 heavy (non-hydrogen) atoms. The number of benzene rings is 2. The van der Waals surface area contributed by atoms with Crippen LogP contribution < -0.4 is 5.32 Å². The van der Waals surface area contributed by atoms with Gasteiger partial charge in [0.15, 0.2) is 5.65 Å². The fourth-order valence-electron chi connectivity index (χ4n) is 4.01. The summed E-state index contributed by atoms with van der Waals surface area (Å²) in [5.74, 6) is -0.0517. The number of rotatable bonds is 5. The zero-order valence-electron chi connectivity index (χ0n) is 15.7. The quantitative estimate of drug-likeness (QED) is 0.525. The number of H-pyrrole nitrogens is 1. The maximum absolute atomic E-state index is 12.5. The van der Waals surface area contributed by atoms with E-state index in [0.29, 0.717) is 12.1 Å². The molecule has 1 fully saturated rings. The summed E-state index contributed by atoms with van der Waals surface area (Å²) < 4.78 is 0. The summed E-state index contributed by atoms with van der Waals surface area (Å²) in [6.07, 6.45) is 3.58. The maximum Gasteiger partial charge on any atom is 0.251 e. The number of carbonyl (C=O) groups is 1. The Labute approximate surface area is 163 Å². The van der Waals surface area contributed by atoms with Gasteiger partial charge in [0.05, 0.1) is 11.0 Å². The zero-order chi connectivity index (χ0) is 18.9. The number of nitrogens with one attached hydrogen (secondary N) is 2. The van der Waals surface area contributed by atoms with Crippen molar-refractivity contribution in [3.05, 3.63) is 48.0 Å². The molecule has 3 heterocycles. The van der Waals surface area contributed by atoms with Crippen LogP contribution in [0.15, 0.2) is 42.5 Å². The van der Waals surface area contributed by atoms with E-state index in [9.17, 15) is 4.79 Å². The third-order valence-electron chi connectivity index (χ3n) is 5.50. The van der Waals surface area contributed by atoms with Crippen molar-refractivity contribution in [3.63, 3.8) is 0 Å². The van der Waals surface area contributed by atoms with E-state index in [1.165, 1.54) is 25.9 Å². The number of likely N-dealkylation sites (tertiary alicyclic amines) is 1. The second kappa shape index (κ2) is 7.20. The van der Waals surface area contributed by atoms with Gasteiger partial charge in [0.2, 0.25) is 0 Å². The van der Waals surface area contributed by atoms with Gasteiger partial charge in [-0.3, -0.25) is 4.79 Å². The summed E-state index contributed by atoms with van der Waals surface area (Å²) in [6, 6.07) is 13.6. The number of para-hydroxylation sites is 1. The van der Waals surface area contributed by atoms with Gasteiger partial charge >= 0.3 is 0 Å². The molecule has 0 saturated carbocycles. The van der Waals surface area contributed by atoms with Crippen molar-refractivity contribution in [2.75, 3.05) is 26.2 Å². The van der Waals surface area contributed by atoms with Gasteiger partial charge in [-0.05, 0) is 63.2 Å². The van der Waals surface area contributed by atoms with Crippen molar-refractivity contribution in [3.8, 4) is 0 Å². The van der Waals surface area contributed by atoms with Crippen molar-refractivity contribution >= 4 is 39.0 Å². The molecule has 142 valence electrons. The number of carbonyl (C=O) groups excluding carboxylic acids is 1. The van der Waals surface area contributed by atoms with Crippen LogP contribution in [0.2, 0.25) is 0 Å². The first-order valence-corrected chi connectivity index (χ1v) is 9.97. The van der Waals surface area contributed by atoms with E-state index in [2.05, 4.69) is 20.2 Å². The number of hydrogen-bond acceptors (Lipinski definition) is 4. The second-order valence-electron chi connectivity index (χ2n) is 7.45. The number of aromatic amines is 1. The Balaban J connectivity index is 1.35. The molecule has 0 spiro atoms. The van der Waals surface area contributed by atoms with Gasteiger partial charge in [0.25, 0.3) is 5.91 Å². The van der Waals surface area contributed by atoms with Crippen LogP contribution in [0.5, 0.6) is 0 Å². The fraction of sp³-hybridized carbons (Fsp3) is 0.318. The first-order chi connectivity index (χ1) is 13.8. The highest BCUT2D eigenvalue weighted by Gasteiger charge is 2.13. The molecule has 1 saturated heterocycles. The van der Waals surface area contributed by atoms with Crippen molar-refractivity contribution < 1.29 is 4.79 Å². The van der Waals surface area contributed by atoms with E-state index in [1.54, 1.807) is 0 Å². The van der Waals surface area contributed by atoms with E-state index in [1.807, 2.05) is 42.5 Å². The molecule has 2 aromatic carbocycles. The lowest BCUT2D eigenvalue weighted by atomic mass is 10.1. The smallest absolute Gasteiger partial charge is 0.251 e. The van der Waals surface area contributed by atoms with Crippen LogP contribution >= 0.6 is 0 Å². The average molecular weight is 373 g/mol. The number of hydrogen-bond donors (Lipinski definition) is 2. The van der Waals surface area contributed by atoms with Gasteiger partial charge in [-0.25, -0.2) is 9.97 Å². The van der Waals surface area contributed by atoms with Crippen LogP contribution in [0.1, 0.15) is 29.6 Å². The molecular weight excluding hydrogens is 350 g/mol. The molecule has 1 aliphatic rings. The first kappa shape index (κ1) is 17.1.